The van der Waals surface area contributed by atoms with Crippen molar-refractivity contribution in [3.05, 3.63) is 53.8 Å². The quantitative estimate of drug-likeness (QED) is 0.211. The molecule has 2 unspecified atom stereocenters. The molecule has 1 saturated carbocycles. The van der Waals surface area contributed by atoms with Crippen LogP contribution in [0, 0.1) is 17.7 Å². The first-order chi connectivity index (χ1) is 17.7. The van der Waals surface area contributed by atoms with Crippen LogP contribution in [0.5, 0.6) is 5.75 Å². The highest BCUT2D eigenvalue weighted by atomic mass is 19.1. The summed E-state index contributed by atoms with van der Waals surface area (Å²) in [6, 6.07) is 14.1. The number of aryl methyl sites for hydroxylation is 1. The van der Waals surface area contributed by atoms with Crippen LogP contribution in [0.4, 0.5) is 4.39 Å². The zero-order valence-electron chi connectivity index (χ0n) is 23.4. The summed E-state index contributed by atoms with van der Waals surface area (Å²) in [7, 11) is 0. The molecular formula is C34H51FO. The molecule has 200 valence electrons. The summed E-state index contributed by atoms with van der Waals surface area (Å²) in [6.45, 7) is 6.76. The zero-order valence-corrected chi connectivity index (χ0v) is 23.4. The van der Waals surface area contributed by atoms with E-state index >= 15 is 4.39 Å². The Labute approximate surface area is 221 Å². The average Bonchev–Trinajstić information content (AvgIpc) is 2.90. The Balaban J connectivity index is 1.72. The van der Waals surface area contributed by atoms with Gasteiger partial charge in [-0.25, -0.2) is 4.39 Å². The number of hydrogen-bond acceptors (Lipinski definition) is 1. The summed E-state index contributed by atoms with van der Waals surface area (Å²) in [5.41, 5.74) is 3.33. The lowest BCUT2D eigenvalue weighted by molar-refractivity contribution is 0.0429. The molecule has 1 aliphatic rings. The van der Waals surface area contributed by atoms with Crippen molar-refractivity contribution in [3.8, 4) is 16.9 Å². The highest BCUT2D eigenvalue weighted by Crippen LogP contribution is 2.37. The number of benzene rings is 2. The Morgan fingerprint density at radius 3 is 2.11 bits per heavy atom. The Kier molecular flexibility index (Phi) is 12.9. The molecule has 2 heteroatoms. The maximum absolute atomic E-state index is 15.4. The first-order valence-corrected chi connectivity index (χ1v) is 15.2. The lowest BCUT2D eigenvalue weighted by Gasteiger charge is -2.36. The monoisotopic (exact) mass is 494 g/mol. The molecule has 1 aliphatic carbocycles. The minimum Gasteiger partial charge on any atom is -0.487 e. The van der Waals surface area contributed by atoms with Gasteiger partial charge in [0.2, 0.25) is 0 Å². The first-order valence-electron chi connectivity index (χ1n) is 15.2. The third-order valence-corrected chi connectivity index (χ3v) is 8.19. The Morgan fingerprint density at radius 1 is 0.750 bits per heavy atom. The van der Waals surface area contributed by atoms with Gasteiger partial charge in [-0.05, 0) is 72.8 Å². The Bertz CT molecular complexity index is 852. The van der Waals surface area contributed by atoms with Gasteiger partial charge in [-0.3, -0.25) is 0 Å². The van der Waals surface area contributed by atoms with Gasteiger partial charge in [0.1, 0.15) is 6.10 Å². The normalized spacial score (nSPS) is 16.1. The van der Waals surface area contributed by atoms with E-state index in [0.717, 1.165) is 24.0 Å². The van der Waals surface area contributed by atoms with Gasteiger partial charge in [-0.2, -0.15) is 0 Å². The fourth-order valence-corrected chi connectivity index (χ4v) is 6.15. The predicted octanol–water partition coefficient (Wildman–Crippen LogP) is 10.9. The number of rotatable bonds is 16. The van der Waals surface area contributed by atoms with Gasteiger partial charge in [-0.15, -0.1) is 0 Å². The maximum Gasteiger partial charge on any atom is 0.165 e. The van der Waals surface area contributed by atoms with Crippen LogP contribution >= 0.6 is 0 Å². The van der Waals surface area contributed by atoms with Crippen molar-refractivity contribution in [2.24, 2.45) is 11.8 Å². The second kappa shape index (κ2) is 16.1. The molecule has 0 radical (unpaired) electrons. The third-order valence-electron chi connectivity index (χ3n) is 8.19. The molecule has 1 nitrogen and oxygen atoms in total. The largest absolute Gasteiger partial charge is 0.487 e. The standard InChI is InChI=1S/C34H51FO/c1-4-7-8-9-10-12-17-29(16-6-3)34(30-18-13-11-14-19-30)36-33-25-24-31(26-32(33)35)28-22-20-27(15-5-2)21-23-28/h20-26,29-30,34H,4-19H2,1-3H3. The van der Waals surface area contributed by atoms with E-state index in [9.17, 15) is 0 Å². The van der Waals surface area contributed by atoms with Crippen LogP contribution in [0.15, 0.2) is 42.5 Å². The van der Waals surface area contributed by atoms with Crippen molar-refractivity contribution in [3.63, 3.8) is 0 Å². The second-order valence-corrected chi connectivity index (χ2v) is 11.2. The predicted molar refractivity (Wildman–Crippen MR) is 153 cm³/mol. The van der Waals surface area contributed by atoms with Crippen LogP contribution in [0.3, 0.4) is 0 Å². The Morgan fingerprint density at radius 2 is 1.44 bits per heavy atom. The van der Waals surface area contributed by atoms with Gasteiger partial charge >= 0.3 is 0 Å². The molecule has 2 aromatic carbocycles. The first kappa shape index (κ1) is 28.7. The van der Waals surface area contributed by atoms with Gasteiger partial charge < -0.3 is 4.74 Å². The summed E-state index contributed by atoms with van der Waals surface area (Å²) >= 11 is 0. The van der Waals surface area contributed by atoms with Gasteiger partial charge in [0.05, 0.1) is 0 Å². The van der Waals surface area contributed by atoms with E-state index in [1.807, 2.05) is 12.1 Å². The molecule has 0 spiro atoms. The number of ether oxygens (including phenoxy) is 1. The molecule has 0 bridgehead atoms. The van der Waals surface area contributed by atoms with E-state index < -0.39 is 0 Å². The zero-order chi connectivity index (χ0) is 25.6. The van der Waals surface area contributed by atoms with E-state index in [0.29, 0.717) is 17.6 Å². The van der Waals surface area contributed by atoms with Crippen molar-refractivity contribution < 1.29 is 9.13 Å². The van der Waals surface area contributed by atoms with E-state index in [2.05, 4.69) is 45.0 Å². The fourth-order valence-electron chi connectivity index (χ4n) is 6.15. The molecule has 1 fully saturated rings. The molecule has 0 saturated heterocycles. The SMILES string of the molecule is CCCCCCCCC(CCC)C(Oc1ccc(-c2ccc(CCC)cc2)cc1F)C1CCCCC1. The van der Waals surface area contributed by atoms with Crippen molar-refractivity contribution in [2.45, 2.75) is 130 Å². The lowest BCUT2D eigenvalue weighted by atomic mass is 9.77. The van der Waals surface area contributed by atoms with Crippen LogP contribution in [0.25, 0.3) is 11.1 Å². The molecule has 0 N–H and O–H groups in total. The van der Waals surface area contributed by atoms with E-state index in [1.165, 1.54) is 95.5 Å². The maximum atomic E-state index is 15.4. The van der Waals surface area contributed by atoms with Crippen molar-refractivity contribution >= 4 is 0 Å². The molecule has 0 amide bonds. The van der Waals surface area contributed by atoms with Crippen molar-refractivity contribution in [1.29, 1.82) is 0 Å². The summed E-state index contributed by atoms with van der Waals surface area (Å²) in [5, 5.41) is 0. The summed E-state index contributed by atoms with van der Waals surface area (Å²) < 4.78 is 22.1. The van der Waals surface area contributed by atoms with E-state index in [1.54, 1.807) is 6.07 Å². The molecule has 36 heavy (non-hydrogen) atoms. The van der Waals surface area contributed by atoms with Gasteiger partial charge in [0, 0.05) is 0 Å². The molecule has 2 aromatic rings. The van der Waals surface area contributed by atoms with Gasteiger partial charge in [0.25, 0.3) is 0 Å². The third kappa shape index (κ3) is 8.93. The van der Waals surface area contributed by atoms with E-state index in [-0.39, 0.29) is 11.9 Å². The highest BCUT2D eigenvalue weighted by Gasteiger charge is 2.32. The average molecular weight is 495 g/mol. The number of halogens is 1. The van der Waals surface area contributed by atoms with Crippen LogP contribution in [0.2, 0.25) is 0 Å². The van der Waals surface area contributed by atoms with Crippen molar-refractivity contribution in [2.75, 3.05) is 0 Å². The molecule has 0 aliphatic heterocycles. The van der Waals surface area contributed by atoms with Gasteiger partial charge in [-0.1, -0.05) is 122 Å². The molecular weight excluding hydrogens is 443 g/mol. The van der Waals surface area contributed by atoms with Crippen LogP contribution < -0.4 is 4.74 Å². The summed E-state index contributed by atoms with van der Waals surface area (Å²) in [4.78, 5) is 0. The van der Waals surface area contributed by atoms with Crippen LogP contribution in [-0.4, -0.2) is 6.10 Å². The highest BCUT2D eigenvalue weighted by molar-refractivity contribution is 5.64. The topological polar surface area (TPSA) is 9.23 Å². The summed E-state index contributed by atoms with van der Waals surface area (Å²) in [6.07, 6.45) is 20.2. The molecule has 0 heterocycles. The second-order valence-electron chi connectivity index (χ2n) is 11.2. The minimum atomic E-state index is -0.222. The summed E-state index contributed by atoms with van der Waals surface area (Å²) in [5.74, 6) is 1.30. The minimum absolute atomic E-state index is 0.134. The Hall–Kier alpha value is -1.83. The van der Waals surface area contributed by atoms with E-state index in [4.69, 9.17) is 4.74 Å². The fraction of sp³-hybridized carbons (Fsp3) is 0.647. The smallest absolute Gasteiger partial charge is 0.165 e. The lowest BCUT2D eigenvalue weighted by Crippen LogP contribution is -2.36. The van der Waals surface area contributed by atoms with Crippen molar-refractivity contribution in [1.82, 2.24) is 0 Å². The number of unbranched alkanes of at least 4 members (excludes halogenated alkanes) is 5. The molecule has 2 atom stereocenters. The molecule has 0 aromatic heterocycles. The number of hydrogen-bond donors (Lipinski definition) is 0. The van der Waals surface area contributed by atoms with Crippen LogP contribution in [0.1, 0.15) is 123 Å². The van der Waals surface area contributed by atoms with Crippen LogP contribution in [-0.2, 0) is 6.42 Å². The molecule has 3 rings (SSSR count). The van der Waals surface area contributed by atoms with Gasteiger partial charge in [0.15, 0.2) is 11.6 Å².